The minimum Gasteiger partial charge on any atom is -0.343 e. The Balaban J connectivity index is 1.86. The summed E-state index contributed by atoms with van der Waals surface area (Å²) in [5.74, 6) is 0.563. The Morgan fingerprint density at radius 1 is 1.09 bits per heavy atom. The van der Waals surface area contributed by atoms with Gasteiger partial charge in [-0.1, -0.05) is 52.2 Å². The van der Waals surface area contributed by atoms with Gasteiger partial charge >= 0.3 is 0 Å². The van der Waals surface area contributed by atoms with Gasteiger partial charge in [-0.3, -0.25) is 4.68 Å². The number of sulfonamides is 1. The zero-order chi connectivity index (χ0) is 24.7. The SMILES string of the molecule is CCn1cc(-c2ccc(-c3cc(S(N)(=O)=O)c(C)n3CC3CCCCC3)cc2C(C)(C)C)cn1. The molecule has 0 atom stereocenters. The van der Waals surface area contributed by atoms with Crippen molar-refractivity contribution in [1.29, 1.82) is 0 Å². The summed E-state index contributed by atoms with van der Waals surface area (Å²) in [7, 11) is -3.81. The summed E-state index contributed by atoms with van der Waals surface area (Å²) >= 11 is 0. The highest BCUT2D eigenvalue weighted by Gasteiger charge is 2.26. The third-order valence-corrected chi connectivity index (χ3v) is 8.21. The lowest BCUT2D eigenvalue weighted by Gasteiger charge is -2.26. The minimum atomic E-state index is -3.81. The molecule has 2 heterocycles. The van der Waals surface area contributed by atoms with Crippen LogP contribution in [0.15, 0.2) is 41.6 Å². The molecule has 0 aliphatic heterocycles. The summed E-state index contributed by atoms with van der Waals surface area (Å²) in [5, 5.41) is 10.1. The second-order valence-electron chi connectivity index (χ2n) is 10.7. The molecule has 1 saturated carbocycles. The molecule has 1 aliphatic rings. The maximum absolute atomic E-state index is 12.4. The number of benzene rings is 1. The van der Waals surface area contributed by atoms with Gasteiger partial charge in [-0.15, -0.1) is 0 Å². The van der Waals surface area contributed by atoms with Crippen LogP contribution < -0.4 is 5.14 Å². The lowest BCUT2D eigenvalue weighted by molar-refractivity contribution is 0.318. The van der Waals surface area contributed by atoms with E-state index in [0.717, 1.165) is 41.2 Å². The first-order valence-electron chi connectivity index (χ1n) is 12.4. The molecule has 3 aromatic rings. The Morgan fingerprint density at radius 3 is 2.38 bits per heavy atom. The second-order valence-corrected chi connectivity index (χ2v) is 12.3. The third kappa shape index (κ3) is 5.01. The van der Waals surface area contributed by atoms with E-state index in [2.05, 4.69) is 61.8 Å². The molecule has 0 spiro atoms. The predicted octanol–water partition coefficient (Wildman–Crippen LogP) is 5.87. The minimum absolute atomic E-state index is 0.0989. The van der Waals surface area contributed by atoms with Crippen LogP contribution in [-0.4, -0.2) is 22.8 Å². The lowest BCUT2D eigenvalue weighted by Crippen LogP contribution is -2.17. The number of hydrogen-bond donors (Lipinski definition) is 1. The smallest absolute Gasteiger partial charge is 0.239 e. The first-order valence-corrected chi connectivity index (χ1v) is 13.9. The fourth-order valence-corrected chi connectivity index (χ4v) is 6.06. The Morgan fingerprint density at radius 2 is 1.79 bits per heavy atom. The number of nitrogens with two attached hydrogens (primary N) is 1. The molecule has 0 radical (unpaired) electrons. The molecule has 7 heteroatoms. The Bertz CT molecular complexity index is 1270. The molecule has 0 unspecified atom stereocenters. The van der Waals surface area contributed by atoms with E-state index in [1.165, 1.54) is 37.7 Å². The van der Waals surface area contributed by atoms with E-state index >= 15 is 0 Å². The second kappa shape index (κ2) is 9.34. The van der Waals surface area contributed by atoms with Crippen LogP contribution in [0.4, 0.5) is 0 Å². The van der Waals surface area contributed by atoms with Gasteiger partial charge in [0.15, 0.2) is 0 Å². The van der Waals surface area contributed by atoms with Crippen molar-refractivity contribution in [3.63, 3.8) is 0 Å². The van der Waals surface area contributed by atoms with E-state index in [0.29, 0.717) is 5.92 Å². The van der Waals surface area contributed by atoms with Gasteiger partial charge in [0.1, 0.15) is 4.90 Å². The van der Waals surface area contributed by atoms with Crippen LogP contribution in [0.25, 0.3) is 22.4 Å². The molecule has 1 aliphatic carbocycles. The van der Waals surface area contributed by atoms with E-state index < -0.39 is 10.0 Å². The van der Waals surface area contributed by atoms with Crippen LogP contribution in [0, 0.1) is 12.8 Å². The average molecular weight is 483 g/mol. The van der Waals surface area contributed by atoms with E-state index in [1.807, 2.05) is 17.8 Å². The van der Waals surface area contributed by atoms with Crippen molar-refractivity contribution in [3.8, 4) is 22.4 Å². The summed E-state index contributed by atoms with van der Waals surface area (Å²) in [5.41, 5.74) is 6.04. The van der Waals surface area contributed by atoms with Gasteiger partial charge in [-0.2, -0.15) is 5.10 Å². The van der Waals surface area contributed by atoms with E-state index in [-0.39, 0.29) is 10.3 Å². The highest BCUT2D eigenvalue weighted by atomic mass is 32.2. The third-order valence-electron chi connectivity index (χ3n) is 7.18. The normalized spacial score (nSPS) is 15.7. The topological polar surface area (TPSA) is 82.9 Å². The maximum atomic E-state index is 12.4. The Labute approximate surface area is 204 Å². The monoisotopic (exact) mass is 482 g/mol. The number of rotatable bonds is 6. The van der Waals surface area contributed by atoms with E-state index in [1.54, 1.807) is 6.07 Å². The standard InChI is InChI=1S/C27H38N4O2S/c1-6-30-18-22(16-29-30)23-13-12-21(14-24(23)27(3,4)5)25-15-26(34(28,32)33)19(2)31(25)17-20-10-8-7-9-11-20/h12-16,18,20H,6-11,17H2,1-5H3,(H2,28,32,33). The van der Waals surface area contributed by atoms with Gasteiger partial charge in [0.2, 0.25) is 10.0 Å². The molecule has 184 valence electrons. The highest BCUT2D eigenvalue weighted by molar-refractivity contribution is 7.89. The predicted molar refractivity (Wildman–Crippen MR) is 138 cm³/mol. The summed E-state index contributed by atoms with van der Waals surface area (Å²) in [6.45, 7) is 12.2. The van der Waals surface area contributed by atoms with E-state index in [9.17, 15) is 8.42 Å². The number of aryl methyl sites for hydroxylation is 1. The molecule has 0 amide bonds. The van der Waals surface area contributed by atoms with Gasteiger partial charge in [-0.25, -0.2) is 13.6 Å². The molecule has 34 heavy (non-hydrogen) atoms. The van der Waals surface area contributed by atoms with Gasteiger partial charge in [0.05, 0.1) is 6.20 Å². The molecule has 6 nitrogen and oxygen atoms in total. The molecule has 1 fully saturated rings. The summed E-state index contributed by atoms with van der Waals surface area (Å²) < 4.78 is 28.9. The van der Waals surface area contributed by atoms with Crippen LogP contribution >= 0.6 is 0 Å². The largest absolute Gasteiger partial charge is 0.343 e. The van der Waals surface area contributed by atoms with Crippen LogP contribution in [0.2, 0.25) is 0 Å². The molecule has 0 bridgehead atoms. The average Bonchev–Trinajstić information content (AvgIpc) is 3.38. The van der Waals surface area contributed by atoms with Crippen LogP contribution in [-0.2, 0) is 28.5 Å². The van der Waals surface area contributed by atoms with Gasteiger partial charge < -0.3 is 4.57 Å². The van der Waals surface area contributed by atoms with Gasteiger partial charge in [-0.05, 0) is 66.8 Å². The van der Waals surface area contributed by atoms with Crippen molar-refractivity contribution < 1.29 is 8.42 Å². The van der Waals surface area contributed by atoms with Crippen molar-refractivity contribution in [2.75, 3.05) is 0 Å². The quantitative estimate of drug-likeness (QED) is 0.477. The zero-order valence-electron chi connectivity index (χ0n) is 21.1. The number of hydrogen-bond acceptors (Lipinski definition) is 3. The van der Waals surface area contributed by atoms with E-state index in [4.69, 9.17) is 5.14 Å². The molecular formula is C27H38N4O2S. The van der Waals surface area contributed by atoms with Crippen molar-refractivity contribution >= 4 is 10.0 Å². The van der Waals surface area contributed by atoms with Crippen molar-refractivity contribution in [2.45, 2.75) is 90.1 Å². The highest BCUT2D eigenvalue weighted by Crippen LogP contribution is 2.38. The van der Waals surface area contributed by atoms with Crippen LogP contribution in [0.1, 0.15) is 71.1 Å². The first kappa shape index (κ1) is 24.7. The molecular weight excluding hydrogens is 444 g/mol. The molecule has 0 saturated heterocycles. The lowest BCUT2D eigenvalue weighted by atomic mass is 9.81. The maximum Gasteiger partial charge on any atom is 0.239 e. The number of nitrogens with zero attached hydrogens (tertiary/aromatic N) is 3. The number of primary sulfonamides is 1. The van der Waals surface area contributed by atoms with Gasteiger partial charge in [0, 0.05) is 36.2 Å². The molecule has 2 N–H and O–H groups in total. The zero-order valence-corrected chi connectivity index (χ0v) is 22.0. The summed E-state index contributed by atoms with van der Waals surface area (Å²) in [6, 6.07) is 8.24. The van der Waals surface area contributed by atoms with Crippen LogP contribution in [0.5, 0.6) is 0 Å². The van der Waals surface area contributed by atoms with Crippen LogP contribution in [0.3, 0.4) is 0 Å². The fraction of sp³-hybridized carbons (Fsp3) is 0.519. The summed E-state index contributed by atoms with van der Waals surface area (Å²) in [4.78, 5) is 0.226. The Hall–Kier alpha value is -2.38. The van der Waals surface area contributed by atoms with Crippen molar-refractivity contribution in [3.05, 3.63) is 47.9 Å². The Kier molecular flexibility index (Phi) is 6.80. The van der Waals surface area contributed by atoms with Crippen molar-refractivity contribution in [2.24, 2.45) is 11.1 Å². The number of aromatic nitrogens is 3. The summed E-state index contributed by atoms with van der Waals surface area (Å²) in [6.07, 6.45) is 10.2. The van der Waals surface area contributed by atoms with Gasteiger partial charge in [0.25, 0.3) is 0 Å². The fourth-order valence-electron chi connectivity index (χ4n) is 5.26. The molecule has 2 aromatic heterocycles. The van der Waals surface area contributed by atoms with Crippen molar-refractivity contribution in [1.82, 2.24) is 14.3 Å². The molecule has 4 rings (SSSR count). The first-order chi connectivity index (χ1) is 16.0. The molecule has 1 aromatic carbocycles.